The van der Waals surface area contributed by atoms with Crippen molar-refractivity contribution in [1.29, 1.82) is 0 Å². The summed E-state index contributed by atoms with van der Waals surface area (Å²) in [5.74, 6) is -0.147. The van der Waals surface area contributed by atoms with Gasteiger partial charge in [0, 0.05) is 0 Å². The molecule has 110 valence electrons. The van der Waals surface area contributed by atoms with Gasteiger partial charge in [-0.05, 0) is 55.1 Å². The van der Waals surface area contributed by atoms with Crippen LogP contribution in [0.25, 0.3) is 0 Å². The lowest BCUT2D eigenvalue weighted by atomic mass is 9.72. The Kier molecular flexibility index (Phi) is 4.04. The van der Waals surface area contributed by atoms with E-state index in [2.05, 4.69) is 5.32 Å². The zero-order valence-corrected chi connectivity index (χ0v) is 11.9. The van der Waals surface area contributed by atoms with Crippen molar-refractivity contribution < 1.29 is 9.50 Å². The number of benzene rings is 2. The molecule has 2 aromatic carbocycles. The minimum atomic E-state index is -1.06. The largest absolute Gasteiger partial charge is 0.380 e. The van der Waals surface area contributed by atoms with Gasteiger partial charge in [-0.2, -0.15) is 0 Å². The Balaban J connectivity index is 2.07. The fourth-order valence-electron chi connectivity index (χ4n) is 3.27. The van der Waals surface area contributed by atoms with Gasteiger partial charge in [-0.25, -0.2) is 4.39 Å². The topological polar surface area (TPSA) is 32.3 Å². The molecule has 0 bridgehead atoms. The monoisotopic (exact) mass is 285 g/mol. The molecule has 0 saturated carbocycles. The number of nitrogens with one attached hydrogen (secondary N) is 1. The molecule has 1 fully saturated rings. The second kappa shape index (κ2) is 5.96. The minimum absolute atomic E-state index is 0.131. The van der Waals surface area contributed by atoms with Crippen molar-refractivity contribution in [1.82, 2.24) is 5.32 Å². The van der Waals surface area contributed by atoms with Gasteiger partial charge in [-0.3, -0.25) is 0 Å². The third kappa shape index (κ3) is 2.71. The number of hydrogen-bond donors (Lipinski definition) is 2. The maximum Gasteiger partial charge on any atom is 0.123 e. The lowest BCUT2D eigenvalue weighted by Crippen LogP contribution is -2.42. The lowest BCUT2D eigenvalue weighted by Gasteiger charge is -2.39. The molecule has 3 rings (SSSR count). The van der Waals surface area contributed by atoms with E-state index in [0.29, 0.717) is 0 Å². The molecule has 1 aliphatic heterocycles. The standard InChI is InChI=1S/C18H20FNO/c19-17-8-6-15(7-9-17)18(21,14-4-2-1-3-5-14)16-10-12-20-13-11-16/h1-9,16,20-21H,10-13H2. The molecule has 1 unspecified atom stereocenters. The van der Waals surface area contributed by atoms with Crippen LogP contribution in [0.3, 0.4) is 0 Å². The van der Waals surface area contributed by atoms with Crippen molar-refractivity contribution in [3.05, 3.63) is 71.5 Å². The highest BCUT2D eigenvalue weighted by Crippen LogP contribution is 2.40. The van der Waals surface area contributed by atoms with Crippen LogP contribution in [-0.4, -0.2) is 18.2 Å². The zero-order chi connectivity index (χ0) is 14.7. The van der Waals surface area contributed by atoms with Gasteiger partial charge >= 0.3 is 0 Å². The molecular weight excluding hydrogens is 265 g/mol. The van der Waals surface area contributed by atoms with Crippen LogP contribution < -0.4 is 5.32 Å². The maximum absolute atomic E-state index is 13.2. The van der Waals surface area contributed by atoms with Crippen molar-refractivity contribution in [3.63, 3.8) is 0 Å². The summed E-state index contributed by atoms with van der Waals surface area (Å²) in [7, 11) is 0. The van der Waals surface area contributed by atoms with Gasteiger partial charge in [0.1, 0.15) is 11.4 Å². The summed E-state index contributed by atoms with van der Waals surface area (Å²) in [6.07, 6.45) is 1.81. The lowest BCUT2D eigenvalue weighted by molar-refractivity contribution is 0.00231. The summed E-state index contributed by atoms with van der Waals surface area (Å²) in [5, 5.41) is 14.8. The second-order valence-corrected chi connectivity index (χ2v) is 5.66. The van der Waals surface area contributed by atoms with Crippen LogP contribution in [-0.2, 0) is 5.60 Å². The number of aliphatic hydroxyl groups is 1. The van der Waals surface area contributed by atoms with Gasteiger partial charge in [0.15, 0.2) is 0 Å². The van der Waals surface area contributed by atoms with Gasteiger partial charge in [0.2, 0.25) is 0 Å². The van der Waals surface area contributed by atoms with Crippen molar-refractivity contribution in [2.45, 2.75) is 18.4 Å². The molecule has 1 aliphatic rings. The van der Waals surface area contributed by atoms with E-state index in [1.165, 1.54) is 12.1 Å². The van der Waals surface area contributed by atoms with Crippen molar-refractivity contribution in [2.24, 2.45) is 5.92 Å². The van der Waals surface area contributed by atoms with Gasteiger partial charge in [0.05, 0.1) is 0 Å². The average Bonchev–Trinajstić information content (AvgIpc) is 2.56. The smallest absolute Gasteiger partial charge is 0.123 e. The summed E-state index contributed by atoms with van der Waals surface area (Å²) in [5.41, 5.74) is 0.586. The van der Waals surface area contributed by atoms with Crippen molar-refractivity contribution in [2.75, 3.05) is 13.1 Å². The van der Waals surface area contributed by atoms with E-state index in [9.17, 15) is 9.50 Å². The van der Waals surface area contributed by atoms with Crippen molar-refractivity contribution in [3.8, 4) is 0 Å². The first-order chi connectivity index (χ1) is 10.2. The van der Waals surface area contributed by atoms with E-state index in [1.807, 2.05) is 30.3 Å². The van der Waals surface area contributed by atoms with E-state index >= 15 is 0 Å². The normalized spacial score (nSPS) is 19.1. The fourth-order valence-corrected chi connectivity index (χ4v) is 3.27. The Hall–Kier alpha value is -1.71. The Labute approximate surface area is 124 Å². The second-order valence-electron chi connectivity index (χ2n) is 5.66. The van der Waals surface area contributed by atoms with Crippen molar-refractivity contribution >= 4 is 0 Å². The molecule has 21 heavy (non-hydrogen) atoms. The highest BCUT2D eigenvalue weighted by atomic mass is 19.1. The van der Waals surface area contributed by atoms with E-state index in [4.69, 9.17) is 0 Å². The SMILES string of the molecule is OC(c1ccccc1)(c1ccc(F)cc1)C1CCNCC1. The summed E-state index contributed by atoms with van der Waals surface area (Å²) in [6.45, 7) is 1.81. The molecule has 2 nitrogen and oxygen atoms in total. The van der Waals surface area contributed by atoms with Gasteiger partial charge < -0.3 is 10.4 Å². The summed E-state index contributed by atoms with van der Waals surface area (Å²) >= 11 is 0. The van der Waals surface area contributed by atoms with Crippen LogP contribution >= 0.6 is 0 Å². The van der Waals surface area contributed by atoms with E-state index < -0.39 is 5.60 Å². The molecule has 1 saturated heterocycles. The fraction of sp³-hybridized carbons (Fsp3) is 0.333. The zero-order valence-electron chi connectivity index (χ0n) is 11.9. The highest BCUT2D eigenvalue weighted by Gasteiger charge is 2.40. The summed E-state index contributed by atoms with van der Waals surface area (Å²) in [6, 6.07) is 16.0. The molecule has 0 radical (unpaired) electrons. The quantitative estimate of drug-likeness (QED) is 0.908. The Bertz CT molecular complexity index is 578. The van der Waals surface area contributed by atoms with Crippen LogP contribution in [0.4, 0.5) is 4.39 Å². The maximum atomic E-state index is 13.2. The Morgan fingerprint density at radius 2 is 1.48 bits per heavy atom. The molecular formula is C18H20FNO. The van der Waals surface area contributed by atoms with E-state index in [1.54, 1.807) is 12.1 Å². The molecule has 2 aromatic rings. The highest BCUT2D eigenvalue weighted by molar-refractivity contribution is 5.37. The van der Waals surface area contributed by atoms with E-state index in [-0.39, 0.29) is 11.7 Å². The summed E-state index contributed by atoms with van der Waals surface area (Å²) in [4.78, 5) is 0. The average molecular weight is 285 g/mol. The number of piperidine rings is 1. The first-order valence-electron chi connectivity index (χ1n) is 7.46. The molecule has 0 aliphatic carbocycles. The first kappa shape index (κ1) is 14.2. The van der Waals surface area contributed by atoms with Crippen LogP contribution in [0.15, 0.2) is 54.6 Å². The molecule has 2 N–H and O–H groups in total. The summed E-state index contributed by atoms with van der Waals surface area (Å²) < 4.78 is 13.2. The number of halogens is 1. The Morgan fingerprint density at radius 3 is 2.10 bits per heavy atom. The molecule has 0 spiro atoms. The molecule has 1 atom stereocenters. The Morgan fingerprint density at radius 1 is 0.905 bits per heavy atom. The number of hydrogen-bond acceptors (Lipinski definition) is 2. The molecule has 1 heterocycles. The van der Waals surface area contributed by atoms with Crippen LogP contribution in [0.5, 0.6) is 0 Å². The molecule has 0 aromatic heterocycles. The predicted octanol–water partition coefficient (Wildman–Crippen LogP) is 3.06. The first-order valence-corrected chi connectivity index (χ1v) is 7.46. The van der Waals surface area contributed by atoms with Gasteiger partial charge in [-0.15, -0.1) is 0 Å². The van der Waals surface area contributed by atoms with Crippen LogP contribution in [0, 0.1) is 11.7 Å². The minimum Gasteiger partial charge on any atom is -0.380 e. The molecule has 0 amide bonds. The van der Waals surface area contributed by atoms with Gasteiger partial charge in [0.25, 0.3) is 0 Å². The van der Waals surface area contributed by atoms with E-state index in [0.717, 1.165) is 37.1 Å². The third-order valence-electron chi connectivity index (χ3n) is 4.43. The van der Waals surface area contributed by atoms with Gasteiger partial charge in [-0.1, -0.05) is 42.5 Å². The van der Waals surface area contributed by atoms with Crippen LogP contribution in [0.1, 0.15) is 24.0 Å². The number of rotatable bonds is 3. The molecule has 3 heteroatoms. The van der Waals surface area contributed by atoms with Crippen LogP contribution in [0.2, 0.25) is 0 Å². The predicted molar refractivity (Wildman–Crippen MR) is 81.4 cm³/mol. The third-order valence-corrected chi connectivity index (χ3v) is 4.43.